The molecule has 1 aromatic heterocycles. The van der Waals surface area contributed by atoms with E-state index in [1.165, 1.54) is 12.1 Å². The number of nitriles is 1. The molecular weight excluding hydrogens is 333 g/mol. The Morgan fingerprint density at radius 1 is 1.53 bits per heavy atom. The Morgan fingerprint density at radius 3 is 2.79 bits per heavy atom. The van der Waals surface area contributed by atoms with Crippen LogP contribution in [0.2, 0.25) is 5.02 Å². The van der Waals surface area contributed by atoms with Crippen LogP contribution in [0.1, 0.15) is 11.3 Å². The van der Waals surface area contributed by atoms with Crippen LogP contribution in [-0.4, -0.2) is 9.78 Å². The molecule has 0 aliphatic heterocycles. The Labute approximate surface area is 123 Å². The Bertz CT molecular complexity index is 661. The summed E-state index contributed by atoms with van der Waals surface area (Å²) in [5.41, 5.74) is 1.46. The molecule has 0 aliphatic carbocycles. The zero-order valence-corrected chi connectivity index (χ0v) is 12.2. The maximum atomic E-state index is 13.3. The highest BCUT2D eigenvalue weighted by Crippen LogP contribution is 2.25. The van der Waals surface area contributed by atoms with Gasteiger partial charge < -0.3 is 0 Å². The third-order valence-electron chi connectivity index (χ3n) is 2.51. The van der Waals surface area contributed by atoms with Gasteiger partial charge in [-0.25, -0.2) is 4.39 Å². The molecule has 1 aromatic carbocycles. The summed E-state index contributed by atoms with van der Waals surface area (Å²) in [7, 11) is 1.75. The molecule has 2 rings (SSSR count). The first-order chi connectivity index (χ1) is 9.01. The van der Waals surface area contributed by atoms with Crippen LogP contribution in [0, 0.1) is 17.1 Å². The van der Waals surface area contributed by atoms with Gasteiger partial charge in [0, 0.05) is 12.1 Å². The van der Waals surface area contributed by atoms with E-state index in [2.05, 4.69) is 21.0 Å². The largest absolute Gasteiger partial charge is 0.267 e. The molecule has 1 heterocycles. The van der Waals surface area contributed by atoms with E-state index in [-0.39, 0.29) is 5.02 Å². The average molecular weight is 341 g/mol. The van der Waals surface area contributed by atoms with Crippen molar-refractivity contribution in [3.05, 3.63) is 51.0 Å². The van der Waals surface area contributed by atoms with Gasteiger partial charge in [-0.05, 0) is 45.8 Å². The minimum absolute atomic E-state index is 0.250. The summed E-state index contributed by atoms with van der Waals surface area (Å²) >= 11 is 9.13. The van der Waals surface area contributed by atoms with Gasteiger partial charge in [0.1, 0.15) is 5.82 Å². The number of hydrogen-bond donors (Lipinski definition) is 0. The van der Waals surface area contributed by atoms with Crippen molar-refractivity contribution in [2.24, 2.45) is 7.05 Å². The Hall–Kier alpha value is -1.64. The monoisotopic (exact) mass is 339 g/mol. The summed E-state index contributed by atoms with van der Waals surface area (Å²) in [6.45, 7) is 0. The normalized spacial score (nSPS) is 11.4. The van der Waals surface area contributed by atoms with Crippen molar-refractivity contribution in [1.82, 2.24) is 9.78 Å². The molecule has 3 nitrogen and oxygen atoms in total. The van der Waals surface area contributed by atoms with Crippen LogP contribution in [0.15, 0.2) is 28.9 Å². The van der Waals surface area contributed by atoms with E-state index in [1.54, 1.807) is 30.1 Å². The quantitative estimate of drug-likeness (QED) is 0.774. The number of aryl methyl sites for hydroxylation is 1. The lowest BCUT2D eigenvalue weighted by molar-refractivity contribution is 0.627. The molecule has 0 saturated heterocycles. The fourth-order valence-electron chi connectivity index (χ4n) is 1.61. The molecule has 0 unspecified atom stereocenters. The van der Waals surface area contributed by atoms with Crippen LogP contribution in [-0.2, 0) is 7.05 Å². The number of aromatic nitrogens is 2. The summed E-state index contributed by atoms with van der Waals surface area (Å²) < 4.78 is 15.7. The van der Waals surface area contributed by atoms with E-state index >= 15 is 0 Å². The number of allylic oxidation sites excluding steroid dienone is 1. The van der Waals surface area contributed by atoms with Gasteiger partial charge in [-0.3, -0.25) is 4.68 Å². The van der Waals surface area contributed by atoms with Crippen molar-refractivity contribution in [3.63, 3.8) is 0 Å². The summed E-state index contributed by atoms with van der Waals surface area (Å²) in [4.78, 5) is 0. The fraction of sp³-hybridized carbons (Fsp3) is 0.0769. The van der Waals surface area contributed by atoms with Gasteiger partial charge in [0.25, 0.3) is 0 Å². The Morgan fingerprint density at radius 2 is 2.26 bits per heavy atom. The first-order valence-corrected chi connectivity index (χ1v) is 6.44. The van der Waals surface area contributed by atoms with E-state index in [9.17, 15) is 9.65 Å². The second kappa shape index (κ2) is 5.55. The minimum Gasteiger partial charge on any atom is -0.267 e. The van der Waals surface area contributed by atoms with Crippen LogP contribution >= 0.6 is 27.5 Å². The van der Waals surface area contributed by atoms with Gasteiger partial charge in [-0.15, -0.1) is 0 Å². The predicted molar refractivity (Wildman–Crippen MR) is 75.8 cm³/mol. The lowest BCUT2D eigenvalue weighted by Gasteiger charge is -2.02. The standard InChI is InChI=1S/C13H8BrClFN3/c1-19-13(12(14)7-18-19)4-9(6-17)8-2-10(15)5-11(16)3-8/h2-5,7H,1H3/b9-4+. The van der Waals surface area contributed by atoms with Gasteiger partial charge in [0.15, 0.2) is 0 Å². The topological polar surface area (TPSA) is 41.6 Å². The van der Waals surface area contributed by atoms with E-state index in [0.717, 1.165) is 10.2 Å². The first-order valence-electron chi connectivity index (χ1n) is 5.27. The van der Waals surface area contributed by atoms with Crippen LogP contribution < -0.4 is 0 Å². The maximum Gasteiger partial charge on any atom is 0.125 e. The summed E-state index contributed by atoms with van der Waals surface area (Å²) in [5.74, 6) is -0.479. The van der Waals surface area contributed by atoms with E-state index in [0.29, 0.717) is 11.1 Å². The first kappa shape index (κ1) is 13.8. The van der Waals surface area contributed by atoms with E-state index < -0.39 is 5.82 Å². The molecule has 0 fully saturated rings. The predicted octanol–water partition coefficient (Wildman–Crippen LogP) is 4.04. The highest BCUT2D eigenvalue weighted by atomic mass is 79.9. The van der Waals surface area contributed by atoms with Crippen LogP contribution in [0.3, 0.4) is 0 Å². The summed E-state index contributed by atoms with van der Waals surface area (Å²) in [5, 5.41) is 13.5. The molecule has 96 valence electrons. The zero-order valence-electron chi connectivity index (χ0n) is 9.86. The van der Waals surface area contributed by atoms with Crippen molar-refractivity contribution in [3.8, 4) is 6.07 Å². The molecule has 2 aromatic rings. The number of nitrogens with zero attached hydrogens (tertiary/aromatic N) is 3. The van der Waals surface area contributed by atoms with Gasteiger partial charge >= 0.3 is 0 Å². The van der Waals surface area contributed by atoms with Crippen LogP contribution in [0.25, 0.3) is 11.6 Å². The van der Waals surface area contributed by atoms with Crippen molar-refractivity contribution in [1.29, 1.82) is 5.26 Å². The molecule has 0 aliphatic rings. The molecule has 0 atom stereocenters. The van der Waals surface area contributed by atoms with Crippen molar-refractivity contribution in [2.75, 3.05) is 0 Å². The minimum atomic E-state index is -0.479. The summed E-state index contributed by atoms with van der Waals surface area (Å²) in [6.07, 6.45) is 3.25. The molecule has 19 heavy (non-hydrogen) atoms. The molecule has 6 heteroatoms. The maximum absolute atomic E-state index is 13.3. The molecular formula is C13H8BrClFN3. The van der Waals surface area contributed by atoms with Gasteiger partial charge in [0.2, 0.25) is 0 Å². The number of halogens is 3. The van der Waals surface area contributed by atoms with Crippen LogP contribution in [0.5, 0.6) is 0 Å². The van der Waals surface area contributed by atoms with E-state index in [4.69, 9.17) is 11.6 Å². The molecule has 0 saturated carbocycles. The van der Waals surface area contributed by atoms with Crippen LogP contribution in [0.4, 0.5) is 4.39 Å². The molecule has 0 spiro atoms. The molecule has 0 amide bonds. The zero-order chi connectivity index (χ0) is 14.0. The fourth-order valence-corrected chi connectivity index (χ4v) is 2.29. The molecule has 0 bridgehead atoms. The highest BCUT2D eigenvalue weighted by molar-refractivity contribution is 9.10. The van der Waals surface area contributed by atoms with Gasteiger partial charge in [0.05, 0.1) is 28.0 Å². The van der Waals surface area contributed by atoms with Crippen molar-refractivity contribution >= 4 is 39.2 Å². The average Bonchev–Trinajstić information content (AvgIpc) is 2.65. The lowest BCUT2D eigenvalue weighted by Crippen LogP contribution is -1.94. The SMILES string of the molecule is Cn1ncc(Br)c1/C=C(\C#N)c1cc(F)cc(Cl)c1. The van der Waals surface area contributed by atoms with Crippen molar-refractivity contribution < 1.29 is 4.39 Å². The number of hydrogen-bond acceptors (Lipinski definition) is 2. The number of rotatable bonds is 2. The van der Waals surface area contributed by atoms with E-state index in [1.807, 2.05) is 6.07 Å². The highest BCUT2D eigenvalue weighted by Gasteiger charge is 2.09. The van der Waals surface area contributed by atoms with Crippen molar-refractivity contribution in [2.45, 2.75) is 0 Å². The second-order valence-electron chi connectivity index (χ2n) is 3.83. The second-order valence-corrected chi connectivity index (χ2v) is 5.12. The molecule has 0 radical (unpaired) electrons. The molecule has 0 N–H and O–H groups in total. The third-order valence-corrected chi connectivity index (χ3v) is 3.34. The Kier molecular flexibility index (Phi) is 4.03. The van der Waals surface area contributed by atoms with Gasteiger partial charge in [-0.1, -0.05) is 11.6 Å². The smallest absolute Gasteiger partial charge is 0.125 e. The number of benzene rings is 1. The lowest BCUT2D eigenvalue weighted by atomic mass is 10.1. The summed E-state index contributed by atoms with van der Waals surface area (Å²) in [6, 6.07) is 6.05. The Balaban J connectivity index is 2.54. The third kappa shape index (κ3) is 3.03. The van der Waals surface area contributed by atoms with Gasteiger partial charge in [-0.2, -0.15) is 10.4 Å².